The van der Waals surface area contributed by atoms with Crippen molar-refractivity contribution in [3.05, 3.63) is 35.4 Å². The summed E-state index contributed by atoms with van der Waals surface area (Å²) in [5, 5.41) is 3.14. The van der Waals surface area contributed by atoms with E-state index in [0.29, 0.717) is 5.92 Å². The number of carbonyl (C=O) groups is 1. The van der Waals surface area contributed by atoms with E-state index in [1.807, 2.05) is 4.90 Å². The molecule has 1 saturated carbocycles. The Bertz CT molecular complexity index is 466. The number of rotatable bonds is 2. The van der Waals surface area contributed by atoms with Crippen LogP contribution in [0.3, 0.4) is 0 Å². The van der Waals surface area contributed by atoms with Crippen molar-refractivity contribution in [3.8, 4) is 0 Å². The average Bonchev–Trinajstić information content (AvgIpc) is 2.53. The van der Waals surface area contributed by atoms with Gasteiger partial charge in [0, 0.05) is 19.6 Å². The number of nitrogens with one attached hydrogen (secondary N) is 1. The van der Waals surface area contributed by atoms with Crippen LogP contribution in [0.15, 0.2) is 24.3 Å². The number of urea groups is 1. The van der Waals surface area contributed by atoms with Crippen LogP contribution in [0.5, 0.6) is 0 Å². The number of nitrogens with zero attached hydrogens (tertiary/aromatic N) is 1. The fraction of sp³-hybridized carbons (Fsp3) is 0.588. The van der Waals surface area contributed by atoms with E-state index in [1.54, 1.807) is 0 Å². The Morgan fingerprint density at radius 1 is 1.15 bits per heavy atom. The van der Waals surface area contributed by atoms with Crippen molar-refractivity contribution in [1.29, 1.82) is 0 Å². The van der Waals surface area contributed by atoms with Crippen LogP contribution < -0.4 is 5.32 Å². The molecular weight excluding hydrogens is 248 g/mol. The lowest BCUT2D eigenvalue weighted by molar-refractivity contribution is 0.188. The van der Waals surface area contributed by atoms with E-state index in [-0.39, 0.29) is 6.03 Å². The third kappa shape index (κ3) is 3.14. The molecule has 0 atom stereocenters. The number of hydrogen-bond acceptors (Lipinski definition) is 1. The van der Waals surface area contributed by atoms with Gasteiger partial charge < -0.3 is 10.2 Å². The third-order valence-corrected chi connectivity index (χ3v) is 4.68. The highest BCUT2D eigenvalue weighted by Crippen LogP contribution is 2.23. The van der Waals surface area contributed by atoms with Crippen LogP contribution in [0.25, 0.3) is 0 Å². The minimum Gasteiger partial charge on any atom is -0.338 e. The summed E-state index contributed by atoms with van der Waals surface area (Å²) in [6.45, 7) is 2.46. The summed E-state index contributed by atoms with van der Waals surface area (Å²) in [6, 6.07) is 8.56. The van der Waals surface area contributed by atoms with E-state index in [1.165, 1.54) is 43.2 Å². The molecule has 1 aromatic rings. The minimum absolute atomic E-state index is 0.116. The third-order valence-electron chi connectivity index (χ3n) is 4.68. The van der Waals surface area contributed by atoms with Gasteiger partial charge in [-0.3, -0.25) is 0 Å². The van der Waals surface area contributed by atoms with Crippen LogP contribution in [-0.4, -0.2) is 24.0 Å². The van der Waals surface area contributed by atoms with Gasteiger partial charge in [-0.05, 0) is 36.3 Å². The highest BCUT2D eigenvalue weighted by Gasteiger charge is 2.21. The molecule has 0 saturated heterocycles. The summed E-state index contributed by atoms with van der Waals surface area (Å²) < 4.78 is 0. The molecule has 1 aliphatic carbocycles. The average molecular weight is 272 g/mol. The molecule has 1 fully saturated rings. The molecule has 1 aromatic carbocycles. The van der Waals surface area contributed by atoms with Crippen LogP contribution in [-0.2, 0) is 13.0 Å². The molecule has 20 heavy (non-hydrogen) atoms. The first-order valence-electron chi connectivity index (χ1n) is 7.92. The normalized spacial score (nSPS) is 19.5. The summed E-state index contributed by atoms with van der Waals surface area (Å²) in [7, 11) is 0. The highest BCUT2D eigenvalue weighted by molar-refractivity contribution is 5.74. The monoisotopic (exact) mass is 272 g/mol. The highest BCUT2D eigenvalue weighted by atomic mass is 16.2. The fourth-order valence-electron chi connectivity index (χ4n) is 3.40. The van der Waals surface area contributed by atoms with Gasteiger partial charge >= 0.3 is 6.03 Å². The molecule has 108 valence electrons. The predicted octanol–water partition coefficient (Wildman–Crippen LogP) is 3.33. The van der Waals surface area contributed by atoms with Gasteiger partial charge in [-0.25, -0.2) is 4.79 Å². The van der Waals surface area contributed by atoms with Crippen molar-refractivity contribution in [2.75, 3.05) is 13.1 Å². The zero-order valence-corrected chi connectivity index (χ0v) is 12.1. The van der Waals surface area contributed by atoms with Gasteiger partial charge in [0.25, 0.3) is 0 Å². The number of carbonyl (C=O) groups excluding carboxylic acids is 1. The molecule has 0 unspecified atom stereocenters. The zero-order chi connectivity index (χ0) is 13.8. The molecule has 1 aliphatic heterocycles. The van der Waals surface area contributed by atoms with Crippen LogP contribution in [0, 0.1) is 5.92 Å². The van der Waals surface area contributed by atoms with Crippen molar-refractivity contribution in [2.45, 2.75) is 45.1 Å². The number of fused-ring (bicyclic) bond motifs is 1. The van der Waals surface area contributed by atoms with Gasteiger partial charge in [0.05, 0.1) is 0 Å². The lowest BCUT2D eigenvalue weighted by Crippen LogP contribution is -2.44. The van der Waals surface area contributed by atoms with Gasteiger partial charge in [-0.2, -0.15) is 0 Å². The van der Waals surface area contributed by atoms with Crippen molar-refractivity contribution < 1.29 is 4.79 Å². The maximum atomic E-state index is 12.3. The second-order valence-corrected chi connectivity index (χ2v) is 6.13. The van der Waals surface area contributed by atoms with E-state index in [4.69, 9.17) is 0 Å². The van der Waals surface area contributed by atoms with E-state index in [2.05, 4.69) is 29.6 Å². The van der Waals surface area contributed by atoms with Gasteiger partial charge in [0.2, 0.25) is 0 Å². The number of hydrogen-bond donors (Lipinski definition) is 1. The SMILES string of the molecule is O=C(NCC1CCCCC1)N1CCc2ccccc2C1. The smallest absolute Gasteiger partial charge is 0.317 e. The predicted molar refractivity (Wildman–Crippen MR) is 80.5 cm³/mol. The maximum Gasteiger partial charge on any atom is 0.317 e. The zero-order valence-electron chi connectivity index (χ0n) is 12.1. The molecular formula is C17H24N2O. The Kier molecular flexibility index (Phi) is 4.24. The number of benzene rings is 1. The first-order valence-corrected chi connectivity index (χ1v) is 7.92. The van der Waals surface area contributed by atoms with Crippen molar-refractivity contribution in [1.82, 2.24) is 10.2 Å². The lowest BCUT2D eigenvalue weighted by atomic mass is 9.89. The van der Waals surface area contributed by atoms with E-state index < -0.39 is 0 Å². The van der Waals surface area contributed by atoms with Crippen molar-refractivity contribution in [3.63, 3.8) is 0 Å². The first-order chi connectivity index (χ1) is 9.83. The topological polar surface area (TPSA) is 32.3 Å². The molecule has 0 spiro atoms. The Morgan fingerprint density at radius 2 is 1.90 bits per heavy atom. The van der Waals surface area contributed by atoms with Crippen molar-refractivity contribution >= 4 is 6.03 Å². The molecule has 0 bridgehead atoms. The molecule has 3 rings (SSSR count). The maximum absolute atomic E-state index is 12.3. The van der Waals surface area contributed by atoms with Gasteiger partial charge in [-0.15, -0.1) is 0 Å². The van der Waals surface area contributed by atoms with E-state index in [0.717, 1.165) is 26.1 Å². The summed E-state index contributed by atoms with van der Waals surface area (Å²) in [4.78, 5) is 14.2. The van der Waals surface area contributed by atoms with Gasteiger partial charge in [0.1, 0.15) is 0 Å². The Labute approximate surface area is 121 Å². The molecule has 1 N–H and O–H groups in total. The van der Waals surface area contributed by atoms with Gasteiger partial charge in [0.15, 0.2) is 0 Å². The molecule has 2 amide bonds. The fourth-order valence-corrected chi connectivity index (χ4v) is 3.40. The molecule has 0 radical (unpaired) electrons. The summed E-state index contributed by atoms with van der Waals surface area (Å²) in [5.41, 5.74) is 2.69. The summed E-state index contributed by atoms with van der Waals surface area (Å²) in [5.74, 6) is 0.699. The van der Waals surface area contributed by atoms with Crippen LogP contribution in [0.1, 0.15) is 43.2 Å². The quantitative estimate of drug-likeness (QED) is 0.880. The van der Waals surface area contributed by atoms with Crippen molar-refractivity contribution in [2.24, 2.45) is 5.92 Å². The Morgan fingerprint density at radius 3 is 2.70 bits per heavy atom. The molecule has 3 nitrogen and oxygen atoms in total. The first kappa shape index (κ1) is 13.5. The van der Waals surface area contributed by atoms with Gasteiger partial charge in [-0.1, -0.05) is 43.5 Å². The molecule has 1 heterocycles. The molecule has 2 aliphatic rings. The van der Waals surface area contributed by atoms with Crippen LogP contribution in [0.2, 0.25) is 0 Å². The van der Waals surface area contributed by atoms with Crippen LogP contribution in [0.4, 0.5) is 4.79 Å². The van der Waals surface area contributed by atoms with E-state index in [9.17, 15) is 4.79 Å². The minimum atomic E-state index is 0.116. The Hall–Kier alpha value is -1.51. The largest absolute Gasteiger partial charge is 0.338 e. The Balaban J connectivity index is 1.51. The van der Waals surface area contributed by atoms with E-state index >= 15 is 0 Å². The summed E-state index contributed by atoms with van der Waals surface area (Å²) >= 11 is 0. The molecule has 0 aromatic heterocycles. The summed E-state index contributed by atoms with van der Waals surface area (Å²) in [6.07, 6.45) is 7.57. The molecule has 3 heteroatoms. The standard InChI is InChI=1S/C17H24N2O/c20-17(18-12-14-6-2-1-3-7-14)19-11-10-15-8-4-5-9-16(15)13-19/h4-5,8-9,14H,1-3,6-7,10-13H2,(H,18,20). The second-order valence-electron chi connectivity index (χ2n) is 6.13. The lowest BCUT2D eigenvalue weighted by Gasteiger charge is -2.30. The number of amides is 2. The second kappa shape index (κ2) is 6.29. The van der Waals surface area contributed by atoms with Crippen LogP contribution >= 0.6 is 0 Å².